The number of halogens is 1. The van der Waals surface area contributed by atoms with Crippen molar-refractivity contribution >= 4 is 22.4 Å². The van der Waals surface area contributed by atoms with Gasteiger partial charge in [-0.1, -0.05) is 12.1 Å². The van der Waals surface area contributed by atoms with E-state index in [4.69, 9.17) is 10.5 Å². The maximum Gasteiger partial charge on any atom is 0.274 e. The van der Waals surface area contributed by atoms with Crippen LogP contribution in [0.2, 0.25) is 0 Å². The number of H-pyrrole nitrogens is 1. The van der Waals surface area contributed by atoms with Gasteiger partial charge >= 0.3 is 0 Å². The Morgan fingerprint density at radius 3 is 2.58 bits per heavy atom. The zero-order valence-corrected chi connectivity index (χ0v) is 16.6. The van der Waals surface area contributed by atoms with Crippen molar-refractivity contribution in [1.82, 2.24) is 15.0 Å². The number of nitrogens with zero attached hydrogens (tertiary/aromatic N) is 3. The highest BCUT2D eigenvalue weighted by atomic mass is 19.1. The molecule has 1 aliphatic heterocycles. The van der Waals surface area contributed by atoms with Crippen LogP contribution in [0.4, 0.5) is 15.9 Å². The second kappa shape index (κ2) is 7.81. The highest BCUT2D eigenvalue weighted by molar-refractivity contribution is 5.86. The molecule has 156 valence electrons. The third-order valence-corrected chi connectivity index (χ3v) is 5.48. The molecule has 4 heterocycles. The number of ether oxygens (including phenoxy) is 1. The molecule has 3 N–H and O–H groups in total. The van der Waals surface area contributed by atoms with E-state index in [1.807, 2.05) is 24.3 Å². The van der Waals surface area contributed by atoms with E-state index >= 15 is 0 Å². The first-order valence-corrected chi connectivity index (χ1v) is 9.97. The Morgan fingerprint density at radius 1 is 1.03 bits per heavy atom. The summed E-state index contributed by atoms with van der Waals surface area (Å²) < 4.78 is 20.1. The number of aromatic nitrogens is 3. The molecule has 5 rings (SSSR count). The van der Waals surface area contributed by atoms with Crippen molar-refractivity contribution in [3.8, 4) is 22.3 Å². The summed E-state index contributed by atoms with van der Waals surface area (Å²) in [6, 6.07) is 12.9. The summed E-state index contributed by atoms with van der Waals surface area (Å²) in [4.78, 5) is 24.9. The monoisotopic (exact) mass is 417 g/mol. The molecule has 0 spiro atoms. The van der Waals surface area contributed by atoms with Gasteiger partial charge in [-0.25, -0.2) is 9.97 Å². The Morgan fingerprint density at radius 2 is 1.81 bits per heavy atom. The maximum absolute atomic E-state index is 14.7. The van der Waals surface area contributed by atoms with Gasteiger partial charge in [-0.05, 0) is 35.9 Å². The quantitative estimate of drug-likeness (QED) is 0.497. The first-order valence-electron chi connectivity index (χ1n) is 9.97. The maximum atomic E-state index is 14.7. The minimum absolute atomic E-state index is 0.0668. The predicted octanol–water partition coefficient (Wildman–Crippen LogP) is 3.21. The molecule has 0 bridgehead atoms. The average molecular weight is 417 g/mol. The largest absolute Gasteiger partial charge is 0.383 e. The fraction of sp³-hybridized carbons (Fsp3) is 0.174. The number of nitrogen functional groups attached to an aromatic ring is 1. The van der Waals surface area contributed by atoms with Gasteiger partial charge in [-0.3, -0.25) is 4.79 Å². The van der Waals surface area contributed by atoms with Crippen LogP contribution in [0.3, 0.4) is 0 Å². The van der Waals surface area contributed by atoms with Gasteiger partial charge in [0.1, 0.15) is 11.3 Å². The third kappa shape index (κ3) is 3.62. The van der Waals surface area contributed by atoms with Crippen LogP contribution in [-0.4, -0.2) is 41.3 Å². The van der Waals surface area contributed by atoms with E-state index in [0.717, 1.165) is 18.8 Å². The van der Waals surface area contributed by atoms with Gasteiger partial charge in [0.2, 0.25) is 5.95 Å². The predicted molar refractivity (Wildman–Crippen MR) is 118 cm³/mol. The zero-order chi connectivity index (χ0) is 21.4. The molecule has 4 aromatic rings. The van der Waals surface area contributed by atoms with E-state index in [2.05, 4.69) is 19.9 Å². The van der Waals surface area contributed by atoms with E-state index in [1.54, 1.807) is 30.6 Å². The van der Waals surface area contributed by atoms with Crippen LogP contribution in [0.15, 0.2) is 59.7 Å². The lowest BCUT2D eigenvalue weighted by molar-refractivity contribution is 0.122. The molecule has 1 aromatic carbocycles. The minimum Gasteiger partial charge on any atom is -0.383 e. The van der Waals surface area contributed by atoms with Crippen molar-refractivity contribution in [2.24, 2.45) is 0 Å². The molecular formula is C23H20FN5O2. The molecule has 0 radical (unpaired) electrons. The summed E-state index contributed by atoms with van der Waals surface area (Å²) in [6.45, 7) is 3.07. The van der Waals surface area contributed by atoms with Crippen LogP contribution in [0.25, 0.3) is 33.2 Å². The Labute approximate surface area is 177 Å². The summed E-state index contributed by atoms with van der Waals surface area (Å²) in [7, 11) is 0. The lowest BCUT2D eigenvalue weighted by Gasteiger charge is -2.28. The highest BCUT2D eigenvalue weighted by Gasteiger charge is 2.16. The third-order valence-electron chi connectivity index (χ3n) is 5.48. The number of hydrogen-bond acceptors (Lipinski definition) is 6. The molecule has 3 aromatic heterocycles. The number of aromatic amines is 1. The van der Waals surface area contributed by atoms with E-state index < -0.39 is 5.95 Å². The van der Waals surface area contributed by atoms with Gasteiger partial charge in [0.15, 0.2) is 0 Å². The molecule has 0 saturated carbocycles. The van der Waals surface area contributed by atoms with Crippen LogP contribution in [-0.2, 0) is 4.74 Å². The normalized spacial score (nSPS) is 14.2. The summed E-state index contributed by atoms with van der Waals surface area (Å²) in [5, 5.41) is 0.668. The van der Waals surface area contributed by atoms with Crippen molar-refractivity contribution < 1.29 is 9.13 Å². The number of nitrogens with one attached hydrogen (secondary N) is 1. The number of benzene rings is 1. The summed E-state index contributed by atoms with van der Waals surface area (Å²) >= 11 is 0. The van der Waals surface area contributed by atoms with E-state index in [-0.39, 0.29) is 11.4 Å². The molecule has 1 aliphatic rings. The van der Waals surface area contributed by atoms with Crippen molar-refractivity contribution in [3.63, 3.8) is 0 Å². The molecule has 0 aliphatic carbocycles. The lowest BCUT2D eigenvalue weighted by atomic mass is 10.0. The van der Waals surface area contributed by atoms with Crippen LogP contribution in [0.5, 0.6) is 0 Å². The van der Waals surface area contributed by atoms with Gasteiger partial charge in [0.25, 0.3) is 5.56 Å². The van der Waals surface area contributed by atoms with Gasteiger partial charge in [0, 0.05) is 53.2 Å². The topological polar surface area (TPSA) is 97.1 Å². The Hall–Kier alpha value is -3.78. The SMILES string of the molecule is Nc1nc(F)c(-c2ccc(N3CCOCC3)cc2)cc1-c1cnc2c(=O)[nH]ccc2c1. The van der Waals surface area contributed by atoms with Crippen molar-refractivity contribution in [1.29, 1.82) is 0 Å². The van der Waals surface area contributed by atoms with Crippen LogP contribution in [0.1, 0.15) is 0 Å². The summed E-state index contributed by atoms with van der Waals surface area (Å²) in [5.74, 6) is -0.567. The zero-order valence-electron chi connectivity index (χ0n) is 16.6. The molecular weight excluding hydrogens is 397 g/mol. The first-order chi connectivity index (χ1) is 15.1. The van der Waals surface area contributed by atoms with Crippen molar-refractivity contribution in [3.05, 3.63) is 71.2 Å². The van der Waals surface area contributed by atoms with E-state index in [1.165, 1.54) is 0 Å². The van der Waals surface area contributed by atoms with E-state index in [9.17, 15) is 9.18 Å². The van der Waals surface area contributed by atoms with Gasteiger partial charge < -0.3 is 20.4 Å². The fourth-order valence-corrected chi connectivity index (χ4v) is 3.83. The standard InChI is InChI=1S/C23H20FN5O2/c24-21-18(14-1-3-17(4-2-14)29-7-9-31-10-8-29)12-19(22(25)28-21)16-11-15-5-6-26-23(30)20(15)27-13-16/h1-6,11-13H,7-10H2,(H2,25,28)(H,26,30). The lowest BCUT2D eigenvalue weighted by Crippen LogP contribution is -2.36. The highest BCUT2D eigenvalue weighted by Crippen LogP contribution is 2.33. The summed E-state index contributed by atoms with van der Waals surface area (Å²) in [6.07, 6.45) is 3.11. The number of nitrogens with two attached hydrogens (primary N) is 1. The Balaban J connectivity index is 1.54. The smallest absolute Gasteiger partial charge is 0.274 e. The number of pyridine rings is 3. The molecule has 8 heteroatoms. The first kappa shape index (κ1) is 19.2. The second-order valence-corrected chi connectivity index (χ2v) is 7.37. The van der Waals surface area contributed by atoms with E-state index in [0.29, 0.717) is 46.4 Å². The molecule has 1 fully saturated rings. The summed E-state index contributed by atoms with van der Waals surface area (Å²) in [5.41, 5.74) is 9.44. The molecule has 31 heavy (non-hydrogen) atoms. The second-order valence-electron chi connectivity index (χ2n) is 7.37. The number of fused-ring (bicyclic) bond motifs is 1. The van der Waals surface area contributed by atoms with Crippen molar-refractivity contribution in [2.45, 2.75) is 0 Å². The Kier molecular flexibility index (Phi) is 4.83. The molecule has 1 saturated heterocycles. The van der Waals surface area contributed by atoms with Crippen LogP contribution in [0, 0.1) is 5.95 Å². The van der Waals surface area contributed by atoms with Crippen molar-refractivity contribution in [2.75, 3.05) is 36.9 Å². The van der Waals surface area contributed by atoms with Crippen LogP contribution < -0.4 is 16.2 Å². The minimum atomic E-state index is -0.634. The Bertz CT molecular complexity index is 1310. The van der Waals surface area contributed by atoms with Gasteiger partial charge in [-0.2, -0.15) is 4.39 Å². The van der Waals surface area contributed by atoms with Gasteiger partial charge in [-0.15, -0.1) is 0 Å². The molecule has 7 nitrogen and oxygen atoms in total. The van der Waals surface area contributed by atoms with Gasteiger partial charge in [0.05, 0.1) is 13.2 Å². The average Bonchev–Trinajstić information content (AvgIpc) is 2.80. The van der Waals surface area contributed by atoms with Crippen LogP contribution >= 0.6 is 0 Å². The fourth-order valence-electron chi connectivity index (χ4n) is 3.83. The molecule has 0 amide bonds. The molecule has 0 unspecified atom stereocenters. The number of rotatable bonds is 3. The number of morpholine rings is 1. The number of anilines is 2. The molecule has 0 atom stereocenters. The number of hydrogen-bond donors (Lipinski definition) is 2.